The van der Waals surface area contributed by atoms with Crippen LogP contribution in [0, 0.1) is 10.5 Å². The molecular formula is C10H12IN. The molecule has 0 unspecified atom stereocenters. The van der Waals surface area contributed by atoms with Crippen LogP contribution in [-0.2, 0) is 0 Å². The summed E-state index contributed by atoms with van der Waals surface area (Å²) in [7, 11) is 0. The molecule has 1 N–H and O–H groups in total. The Labute approximate surface area is 87.0 Å². The molecule has 0 aliphatic heterocycles. The fourth-order valence-corrected chi connectivity index (χ4v) is 1.86. The third kappa shape index (κ3) is 2.85. The summed E-state index contributed by atoms with van der Waals surface area (Å²) in [6, 6.07) is 6.41. The molecule has 64 valence electrons. The molecule has 0 bridgehead atoms. The van der Waals surface area contributed by atoms with Crippen LogP contribution in [0.15, 0.2) is 30.9 Å². The highest BCUT2D eigenvalue weighted by Crippen LogP contribution is 2.15. The van der Waals surface area contributed by atoms with Gasteiger partial charge in [-0.1, -0.05) is 6.08 Å². The Morgan fingerprint density at radius 3 is 2.83 bits per heavy atom. The molecule has 0 aliphatic carbocycles. The lowest BCUT2D eigenvalue weighted by atomic mass is 10.2. The first-order valence-corrected chi connectivity index (χ1v) is 4.92. The highest BCUT2D eigenvalue weighted by atomic mass is 127. The summed E-state index contributed by atoms with van der Waals surface area (Å²) in [5.41, 5.74) is 2.45. The summed E-state index contributed by atoms with van der Waals surface area (Å²) in [4.78, 5) is 0. The maximum atomic E-state index is 3.66. The smallest absolute Gasteiger partial charge is 0.0355 e. The van der Waals surface area contributed by atoms with E-state index in [2.05, 4.69) is 59.6 Å². The Balaban J connectivity index is 2.78. The molecule has 0 heterocycles. The van der Waals surface area contributed by atoms with E-state index in [1.54, 1.807) is 0 Å². The normalized spacial score (nSPS) is 9.50. The predicted octanol–water partition coefficient (Wildman–Crippen LogP) is 3.20. The zero-order valence-corrected chi connectivity index (χ0v) is 9.26. The highest BCUT2D eigenvalue weighted by molar-refractivity contribution is 14.1. The summed E-state index contributed by atoms with van der Waals surface area (Å²) in [6.45, 7) is 6.57. The monoisotopic (exact) mass is 273 g/mol. The second-order valence-corrected chi connectivity index (χ2v) is 3.93. The van der Waals surface area contributed by atoms with E-state index in [4.69, 9.17) is 0 Å². The van der Waals surface area contributed by atoms with E-state index in [0.717, 1.165) is 6.54 Å². The van der Waals surface area contributed by atoms with Crippen molar-refractivity contribution in [2.45, 2.75) is 6.92 Å². The van der Waals surface area contributed by atoms with E-state index in [1.807, 2.05) is 6.08 Å². The van der Waals surface area contributed by atoms with Crippen molar-refractivity contribution in [1.29, 1.82) is 0 Å². The Kier molecular flexibility index (Phi) is 3.59. The largest absolute Gasteiger partial charge is 0.382 e. The van der Waals surface area contributed by atoms with Crippen LogP contribution in [0.4, 0.5) is 5.69 Å². The lowest BCUT2D eigenvalue weighted by Gasteiger charge is -2.04. The van der Waals surface area contributed by atoms with E-state index in [-0.39, 0.29) is 0 Å². The van der Waals surface area contributed by atoms with E-state index in [1.165, 1.54) is 14.8 Å². The van der Waals surface area contributed by atoms with E-state index < -0.39 is 0 Å². The standard InChI is InChI=1S/C10H12IN/c1-3-4-12-10-6-8(2)5-9(11)7-10/h3,5-7,12H,1,4H2,2H3. The molecular weight excluding hydrogens is 261 g/mol. The number of benzene rings is 1. The van der Waals surface area contributed by atoms with E-state index in [9.17, 15) is 0 Å². The van der Waals surface area contributed by atoms with Crippen molar-refractivity contribution in [3.63, 3.8) is 0 Å². The van der Waals surface area contributed by atoms with Crippen LogP contribution in [0.5, 0.6) is 0 Å². The van der Waals surface area contributed by atoms with Crippen LogP contribution in [-0.4, -0.2) is 6.54 Å². The molecule has 0 fully saturated rings. The van der Waals surface area contributed by atoms with Gasteiger partial charge >= 0.3 is 0 Å². The van der Waals surface area contributed by atoms with Gasteiger partial charge in [0.2, 0.25) is 0 Å². The number of halogens is 1. The van der Waals surface area contributed by atoms with Gasteiger partial charge in [0.1, 0.15) is 0 Å². The summed E-state index contributed by atoms with van der Waals surface area (Å²) >= 11 is 2.32. The number of hydrogen-bond donors (Lipinski definition) is 1. The van der Waals surface area contributed by atoms with Crippen LogP contribution < -0.4 is 5.32 Å². The molecule has 1 nitrogen and oxygen atoms in total. The Morgan fingerprint density at radius 2 is 2.25 bits per heavy atom. The average molecular weight is 273 g/mol. The molecule has 0 radical (unpaired) electrons. The molecule has 0 spiro atoms. The molecule has 1 aromatic rings. The zero-order valence-electron chi connectivity index (χ0n) is 7.10. The number of nitrogens with one attached hydrogen (secondary N) is 1. The van der Waals surface area contributed by atoms with Gasteiger partial charge in [-0.2, -0.15) is 0 Å². The molecule has 0 atom stereocenters. The van der Waals surface area contributed by atoms with Gasteiger partial charge in [-0.15, -0.1) is 6.58 Å². The predicted molar refractivity (Wildman–Crippen MR) is 62.6 cm³/mol. The lowest BCUT2D eigenvalue weighted by Crippen LogP contribution is -1.97. The first kappa shape index (κ1) is 9.58. The van der Waals surface area contributed by atoms with Crippen LogP contribution >= 0.6 is 22.6 Å². The first-order valence-electron chi connectivity index (χ1n) is 3.84. The van der Waals surface area contributed by atoms with Crippen LogP contribution in [0.1, 0.15) is 5.56 Å². The summed E-state index contributed by atoms with van der Waals surface area (Å²) in [5, 5.41) is 3.25. The summed E-state index contributed by atoms with van der Waals surface area (Å²) in [6.07, 6.45) is 1.86. The molecule has 0 amide bonds. The molecule has 1 rings (SSSR count). The van der Waals surface area contributed by atoms with Crippen LogP contribution in [0.25, 0.3) is 0 Å². The molecule has 0 saturated heterocycles. The highest BCUT2D eigenvalue weighted by Gasteiger charge is 1.93. The minimum Gasteiger partial charge on any atom is -0.382 e. The maximum Gasteiger partial charge on any atom is 0.0355 e. The van der Waals surface area contributed by atoms with E-state index >= 15 is 0 Å². The van der Waals surface area contributed by atoms with Crippen molar-refractivity contribution >= 4 is 28.3 Å². The fraction of sp³-hybridized carbons (Fsp3) is 0.200. The van der Waals surface area contributed by atoms with Crippen LogP contribution in [0.2, 0.25) is 0 Å². The second kappa shape index (κ2) is 4.50. The SMILES string of the molecule is C=CCNc1cc(C)cc(I)c1. The Hall–Kier alpha value is -0.510. The van der Waals surface area contributed by atoms with Gasteiger partial charge in [-0.25, -0.2) is 0 Å². The van der Waals surface area contributed by atoms with Gasteiger partial charge in [0, 0.05) is 15.8 Å². The van der Waals surface area contributed by atoms with Gasteiger partial charge in [0.15, 0.2) is 0 Å². The third-order valence-electron chi connectivity index (χ3n) is 1.49. The van der Waals surface area contributed by atoms with Gasteiger partial charge in [0.25, 0.3) is 0 Å². The van der Waals surface area contributed by atoms with Crippen molar-refractivity contribution in [3.8, 4) is 0 Å². The second-order valence-electron chi connectivity index (χ2n) is 2.69. The molecule has 1 aromatic carbocycles. The Bertz CT molecular complexity index is 261. The van der Waals surface area contributed by atoms with Gasteiger partial charge in [-0.3, -0.25) is 0 Å². The summed E-state index contributed by atoms with van der Waals surface area (Å²) in [5.74, 6) is 0. The van der Waals surface area contributed by atoms with Gasteiger partial charge in [-0.05, 0) is 53.3 Å². The molecule has 0 saturated carbocycles. The van der Waals surface area contributed by atoms with Crippen molar-refractivity contribution < 1.29 is 0 Å². The molecule has 0 aromatic heterocycles. The van der Waals surface area contributed by atoms with Crippen molar-refractivity contribution in [1.82, 2.24) is 0 Å². The maximum absolute atomic E-state index is 3.66. The minimum atomic E-state index is 0.819. The van der Waals surface area contributed by atoms with Gasteiger partial charge < -0.3 is 5.32 Å². The third-order valence-corrected chi connectivity index (χ3v) is 2.12. The molecule has 2 heteroatoms. The number of hydrogen-bond acceptors (Lipinski definition) is 1. The average Bonchev–Trinajstić information content (AvgIpc) is 1.99. The minimum absolute atomic E-state index is 0.819. The van der Waals surface area contributed by atoms with Crippen LogP contribution in [0.3, 0.4) is 0 Å². The zero-order chi connectivity index (χ0) is 8.97. The quantitative estimate of drug-likeness (QED) is 0.658. The lowest BCUT2D eigenvalue weighted by molar-refractivity contribution is 1.32. The molecule has 0 aliphatic rings. The number of anilines is 1. The summed E-state index contributed by atoms with van der Waals surface area (Å²) < 4.78 is 1.26. The van der Waals surface area contributed by atoms with Crippen molar-refractivity contribution in [3.05, 3.63) is 40.0 Å². The Morgan fingerprint density at radius 1 is 1.50 bits per heavy atom. The van der Waals surface area contributed by atoms with Crippen molar-refractivity contribution in [2.75, 3.05) is 11.9 Å². The van der Waals surface area contributed by atoms with Gasteiger partial charge in [0.05, 0.1) is 0 Å². The fourth-order valence-electron chi connectivity index (χ4n) is 1.03. The van der Waals surface area contributed by atoms with Crippen molar-refractivity contribution in [2.24, 2.45) is 0 Å². The first-order chi connectivity index (χ1) is 5.72. The van der Waals surface area contributed by atoms with E-state index in [0.29, 0.717) is 0 Å². The number of aryl methyl sites for hydroxylation is 1. The number of rotatable bonds is 3. The molecule has 12 heavy (non-hydrogen) atoms. The topological polar surface area (TPSA) is 12.0 Å².